The van der Waals surface area contributed by atoms with Crippen LogP contribution in [0.2, 0.25) is 0 Å². The van der Waals surface area contributed by atoms with Gasteiger partial charge in [0, 0.05) is 11.8 Å². The largest absolute Gasteiger partial charge is 0.481 e. The predicted molar refractivity (Wildman–Crippen MR) is 63.6 cm³/mol. The summed E-state index contributed by atoms with van der Waals surface area (Å²) >= 11 is 0. The molecule has 3 nitrogen and oxygen atoms in total. The van der Waals surface area contributed by atoms with E-state index in [0.717, 1.165) is 5.56 Å². The average molecular weight is 232 g/mol. The first-order valence-corrected chi connectivity index (χ1v) is 5.84. The number of hydrogen-bond acceptors (Lipinski definition) is 2. The van der Waals surface area contributed by atoms with Crippen molar-refractivity contribution in [2.45, 2.75) is 26.2 Å². The van der Waals surface area contributed by atoms with Crippen LogP contribution in [-0.2, 0) is 16.0 Å². The summed E-state index contributed by atoms with van der Waals surface area (Å²) in [5.41, 5.74) is 0.282. The molecule has 0 heterocycles. The Morgan fingerprint density at radius 3 is 2.65 bits per heavy atom. The molecule has 0 unspecified atom stereocenters. The maximum absolute atomic E-state index is 12.0. The van der Waals surface area contributed by atoms with Crippen LogP contribution < -0.4 is 0 Å². The lowest BCUT2D eigenvalue weighted by Gasteiger charge is -2.27. The fraction of sp³-hybridized carbons (Fsp3) is 0.429. The minimum Gasteiger partial charge on any atom is -0.481 e. The fourth-order valence-electron chi connectivity index (χ4n) is 2.71. The quantitative estimate of drug-likeness (QED) is 0.870. The molecule has 0 aliphatic heterocycles. The highest BCUT2D eigenvalue weighted by Crippen LogP contribution is 2.42. The summed E-state index contributed by atoms with van der Waals surface area (Å²) in [4.78, 5) is 23.2. The lowest BCUT2D eigenvalue weighted by Crippen LogP contribution is -2.35. The van der Waals surface area contributed by atoms with E-state index in [1.165, 1.54) is 0 Å². The summed E-state index contributed by atoms with van der Waals surface area (Å²) in [5, 5.41) is 9.19. The highest BCUT2D eigenvalue weighted by atomic mass is 16.4. The van der Waals surface area contributed by atoms with Gasteiger partial charge in [-0.1, -0.05) is 37.3 Å². The van der Waals surface area contributed by atoms with Gasteiger partial charge in [-0.3, -0.25) is 9.59 Å². The number of ketones is 1. The van der Waals surface area contributed by atoms with Crippen LogP contribution in [0, 0.1) is 11.3 Å². The van der Waals surface area contributed by atoms with E-state index >= 15 is 0 Å². The van der Waals surface area contributed by atoms with Gasteiger partial charge in [-0.2, -0.15) is 0 Å². The number of rotatable bonds is 3. The Morgan fingerprint density at radius 1 is 1.41 bits per heavy atom. The molecule has 2 atom stereocenters. The van der Waals surface area contributed by atoms with Gasteiger partial charge in [0.1, 0.15) is 5.78 Å². The van der Waals surface area contributed by atoms with Crippen molar-refractivity contribution in [3.63, 3.8) is 0 Å². The molecule has 1 aromatic carbocycles. The van der Waals surface area contributed by atoms with E-state index in [1.54, 1.807) is 6.92 Å². The van der Waals surface area contributed by atoms with Crippen molar-refractivity contribution < 1.29 is 14.7 Å². The summed E-state index contributed by atoms with van der Waals surface area (Å²) < 4.78 is 0. The molecule has 0 amide bonds. The summed E-state index contributed by atoms with van der Waals surface area (Å²) in [5.74, 6) is -1.32. The first-order valence-electron chi connectivity index (χ1n) is 5.84. The van der Waals surface area contributed by atoms with E-state index in [0.29, 0.717) is 19.3 Å². The van der Waals surface area contributed by atoms with E-state index in [2.05, 4.69) is 0 Å². The number of benzene rings is 1. The normalized spacial score (nSPS) is 28.3. The minimum atomic E-state index is -0.853. The molecule has 1 fully saturated rings. The molecule has 1 N–H and O–H groups in total. The van der Waals surface area contributed by atoms with Gasteiger partial charge < -0.3 is 5.11 Å². The second-order valence-corrected chi connectivity index (χ2v) is 4.93. The van der Waals surface area contributed by atoms with Crippen molar-refractivity contribution in [1.82, 2.24) is 0 Å². The Kier molecular flexibility index (Phi) is 3.01. The van der Waals surface area contributed by atoms with Crippen LogP contribution in [0.4, 0.5) is 0 Å². The number of carboxylic acids is 1. The number of hydrogen-bond donors (Lipinski definition) is 1. The van der Waals surface area contributed by atoms with E-state index < -0.39 is 17.3 Å². The van der Waals surface area contributed by atoms with Gasteiger partial charge in [-0.15, -0.1) is 0 Å². The Balaban J connectivity index is 2.27. The summed E-state index contributed by atoms with van der Waals surface area (Å²) in [6.45, 7) is 1.79. The molecule has 0 aromatic heterocycles. The Labute approximate surface area is 100 Å². The van der Waals surface area contributed by atoms with Crippen molar-refractivity contribution in [3.05, 3.63) is 35.9 Å². The highest BCUT2D eigenvalue weighted by Gasteiger charge is 2.49. The van der Waals surface area contributed by atoms with Crippen molar-refractivity contribution in [2.24, 2.45) is 11.3 Å². The molecule has 1 aromatic rings. The fourth-order valence-corrected chi connectivity index (χ4v) is 2.71. The molecule has 0 radical (unpaired) electrons. The zero-order valence-electron chi connectivity index (χ0n) is 9.85. The topological polar surface area (TPSA) is 54.4 Å². The lowest BCUT2D eigenvalue weighted by molar-refractivity contribution is -0.147. The molecule has 1 aliphatic rings. The van der Waals surface area contributed by atoms with Crippen molar-refractivity contribution >= 4 is 11.8 Å². The first-order chi connectivity index (χ1) is 8.04. The predicted octanol–water partition coefficient (Wildman–Crippen LogP) is 2.30. The SMILES string of the molecule is C[C@]1(Cc2ccccc2)C(=O)CC[C@@H]1C(=O)O. The van der Waals surface area contributed by atoms with Crippen LogP contribution in [-0.4, -0.2) is 16.9 Å². The third-order valence-electron chi connectivity index (χ3n) is 3.78. The molecular formula is C14H16O3. The average Bonchev–Trinajstić information content (AvgIpc) is 2.57. The third-order valence-corrected chi connectivity index (χ3v) is 3.78. The maximum Gasteiger partial charge on any atom is 0.307 e. The number of Topliss-reactive ketones (excluding diaryl/α,β-unsaturated/α-hetero) is 1. The van der Waals surface area contributed by atoms with Gasteiger partial charge in [0.15, 0.2) is 0 Å². The molecule has 2 rings (SSSR count). The Bertz CT molecular complexity index is 438. The summed E-state index contributed by atoms with van der Waals surface area (Å²) in [7, 11) is 0. The second-order valence-electron chi connectivity index (χ2n) is 4.93. The van der Waals surface area contributed by atoms with Gasteiger partial charge in [0.05, 0.1) is 5.92 Å². The van der Waals surface area contributed by atoms with Crippen LogP contribution in [0.3, 0.4) is 0 Å². The minimum absolute atomic E-state index is 0.0775. The molecule has 1 aliphatic carbocycles. The van der Waals surface area contributed by atoms with Crippen LogP contribution in [0.25, 0.3) is 0 Å². The van der Waals surface area contributed by atoms with Crippen molar-refractivity contribution in [2.75, 3.05) is 0 Å². The first kappa shape index (κ1) is 11.8. The maximum atomic E-state index is 12.0. The highest BCUT2D eigenvalue weighted by molar-refractivity contribution is 5.93. The zero-order valence-corrected chi connectivity index (χ0v) is 9.85. The Morgan fingerprint density at radius 2 is 2.06 bits per heavy atom. The van der Waals surface area contributed by atoms with Crippen LogP contribution >= 0.6 is 0 Å². The molecule has 0 saturated heterocycles. The Hall–Kier alpha value is -1.64. The van der Waals surface area contributed by atoms with Crippen LogP contribution in [0.1, 0.15) is 25.3 Å². The van der Waals surface area contributed by atoms with E-state index in [4.69, 9.17) is 0 Å². The zero-order chi connectivity index (χ0) is 12.5. The van der Waals surface area contributed by atoms with E-state index in [1.807, 2.05) is 30.3 Å². The van der Waals surface area contributed by atoms with Gasteiger partial charge in [-0.25, -0.2) is 0 Å². The number of carboxylic acid groups (broad SMARTS) is 1. The van der Waals surface area contributed by atoms with Crippen molar-refractivity contribution in [1.29, 1.82) is 0 Å². The molecule has 0 bridgehead atoms. The molecule has 17 heavy (non-hydrogen) atoms. The van der Waals surface area contributed by atoms with E-state index in [9.17, 15) is 14.7 Å². The van der Waals surface area contributed by atoms with Gasteiger partial charge in [0.25, 0.3) is 0 Å². The second kappa shape index (κ2) is 4.32. The molecular weight excluding hydrogens is 216 g/mol. The monoisotopic (exact) mass is 232 g/mol. The number of carbonyl (C=O) groups excluding carboxylic acids is 1. The van der Waals surface area contributed by atoms with Gasteiger partial charge >= 0.3 is 5.97 Å². The molecule has 0 spiro atoms. The van der Waals surface area contributed by atoms with Crippen LogP contribution in [0.5, 0.6) is 0 Å². The smallest absolute Gasteiger partial charge is 0.307 e. The van der Waals surface area contributed by atoms with Crippen LogP contribution in [0.15, 0.2) is 30.3 Å². The number of aliphatic carboxylic acids is 1. The number of carbonyl (C=O) groups is 2. The van der Waals surface area contributed by atoms with Gasteiger partial charge in [-0.05, 0) is 18.4 Å². The van der Waals surface area contributed by atoms with Gasteiger partial charge in [0.2, 0.25) is 0 Å². The summed E-state index contributed by atoms with van der Waals surface area (Å²) in [6.07, 6.45) is 1.38. The van der Waals surface area contributed by atoms with Crippen molar-refractivity contribution in [3.8, 4) is 0 Å². The molecule has 90 valence electrons. The standard InChI is InChI=1S/C14H16O3/c1-14(9-10-5-3-2-4-6-10)11(13(16)17)7-8-12(14)15/h2-6,11H,7-9H2,1H3,(H,16,17)/t11-,14-/m1/s1. The third kappa shape index (κ3) is 2.09. The van der Waals surface area contributed by atoms with E-state index in [-0.39, 0.29) is 5.78 Å². The molecule has 1 saturated carbocycles. The molecule has 3 heteroatoms. The lowest BCUT2D eigenvalue weighted by atomic mass is 9.74. The summed E-state index contributed by atoms with van der Waals surface area (Å²) in [6, 6.07) is 9.62.